The van der Waals surface area contributed by atoms with E-state index in [2.05, 4.69) is 26.8 Å². The first-order chi connectivity index (χ1) is 33.5. The van der Waals surface area contributed by atoms with Crippen LogP contribution in [0, 0.1) is 46.3 Å². The molecule has 5 saturated heterocycles. The average Bonchev–Trinajstić information content (AvgIpc) is 3.77. The number of allylic oxidation sites excluding steroid dienone is 1. The van der Waals surface area contributed by atoms with Gasteiger partial charge in [0.2, 0.25) is 0 Å². The molecule has 4 aliphatic carbocycles. The standard InChI is InChI=1S/C49H80O22/c1-19(16-63-43-39(60)37(58)35(56)30(15-50)67-43)8-11-49(62)20(2)32-29(71-49)14-26-24-7-6-22-12-23(51)13-31(48(22,5)25(24)9-10-47(26,32)4)68-46-42(70-45-40(61)36(57)33(54)21(3)66-45)41(28(53)18-65-46)69-44-38(59)34(55)27(52)17-64-44/h6,19-21,23-46,50-62H,7-18H2,1-5H3/t19-,20+,21+,23-,24-,25+,26+,27-,28+,29+,30-,31-,32+,33+,34+,35-,36-,37+,38-,39-,40-,41+,42-,43-,44+,45+,46+,47+,48+,49-/m1/s1. The van der Waals surface area contributed by atoms with Crippen molar-refractivity contribution in [1.29, 1.82) is 0 Å². The first-order valence-electron chi connectivity index (χ1n) is 25.8. The number of ether oxygens (including phenoxy) is 9. The van der Waals surface area contributed by atoms with Gasteiger partial charge in [-0.3, -0.25) is 0 Å². The van der Waals surface area contributed by atoms with Gasteiger partial charge in [0, 0.05) is 24.2 Å². The highest BCUT2D eigenvalue weighted by atomic mass is 16.8. The molecule has 3 saturated carbocycles. The molecule has 9 rings (SSSR count). The molecule has 30 atom stereocenters. The van der Waals surface area contributed by atoms with E-state index in [1.165, 1.54) is 6.92 Å². The van der Waals surface area contributed by atoms with Crippen LogP contribution in [0.1, 0.15) is 86.0 Å². The maximum absolute atomic E-state index is 12.2. The highest BCUT2D eigenvalue weighted by Gasteiger charge is 2.69. The molecule has 71 heavy (non-hydrogen) atoms. The molecule has 0 aromatic heterocycles. The van der Waals surface area contributed by atoms with Gasteiger partial charge in [-0.25, -0.2) is 0 Å². The van der Waals surface area contributed by atoms with Gasteiger partial charge in [0.25, 0.3) is 0 Å². The molecule has 0 spiro atoms. The van der Waals surface area contributed by atoms with Gasteiger partial charge in [-0.15, -0.1) is 0 Å². The zero-order chi connectivity index (χ0) is 51.2. The van der Waals surface area contributed by atoms with Crippen LogP contribution in [0.5, 0.6) is 0 Å². The van der Waals surface area contributed by atoms with Gasteiger partial charge in [0.1, 0.15) is 79.4 Å². The monoisotopic (exact) mass is 1020 g/mol. The average molecular weight is 1020 g/mol. The molecule has 5 heterocycles. The Labute approximate surface area is 413 Å². The van der Waals surface area contributed by atoms with E-state index in [0.717, 1.165) is 31.3 Å². The summed E-state index contributed by atoms with van der Waals surface area (Å²) in [6.45, 7) is 8.81. The van der Waals surface area contributed by atoms with Crippen LogP contribution in [0.4, 0.5) is 0 Å². The van der Waals surface area contributed by atoms with Crippen molar-refractivity contribution in [2.24, 2.45) is 46.3 Å². The summed E-state index contributed by atoms with van der Waals surface area (Å²) < 4.78 is 55.1. The van der Waals surface area contributed by atoms with Gasteiger partial charge in [0.15, 0.2) is 30.9 Å². The fourth-order valence-electron chi connectivity index (χ4n) is 14.5. The van der Waals surface area contributed by atoms with Crippen LogP contribution in [0.2, 0.25) is 0 Å². The summed E-state index contributed by atoms with van der Waals surface area (Å²) in [7, 11) is 0. The van der Waals surface area contributed by atoms with E-state index in [4.69, 9.17) is 42.6 Å². The Morgan fingerprint density at radius 1 is 0.718 bits per heavy atom. The summed E-state index contributed by atoms with van der Waals surface area (Å²) in [4.78, 5) is 0. The molecule has 0 unspecified atom stereocenters. The Hall–Kier alpha value is -1.14. The van der Waals surface area contributed by atoms with Gasteiger partial charge in [-0.1, -0.05) is 39.3 Å². The molecular formula is C49H80O22. The Morgan fingerprint density at radius 2 is 1.38 bits per heavy atom. The van der Waals surface area contributed by atoms with E-state index in [-0.39, 0.29) is 66.7 Å². The second kappa shape index (κ2) is 21.0. The highest BCUT2D eigenvalue weighted by molar-refractivity contribution is 5.29. The van der Waals surface area contributed by atoms with Crippen LogP contribution in [0.3, 0.4) is 0 Å². The minimum atomic E-state index is -1.76. The van der Waals surface area contributed by atoms with E-state index in [1.54, 1.807) is 0 Å². The van der Waals surface area contributed by atoms with Crippen molar-refractivity contribution in [3.05, 3.63) is 11.6 Å². The van der Waals surface area contributed by atoms with Gasteiger partial charge < -0.3 is 109 Å². The van der Waals surface area contributed by atoms with Crippen molar-refractivity contribution in [2.45, 2.75) is 221 Å². The lowest BCUT2D eigenvalue weighted by molar-refractivity contribution is -0.382. The molecule has 0 aromatic carbocycles. The van der Waals surface area contributed by atoms with E-state index in [0.29, 0.717) is 19.3 Å². The van der Waals surface area contributed by atoms with Crippen molar-refractivity contribution in [2.75, 3.05) is 26.4 Å². The molecule has 0 amide bonds. The highest BCUT2D eigenvalue weighted by Crippen LogP contribution is 2.70. The van der Waals surface area contributed by atoms with Crippen molar-refractivity contribution in [3.63, 3.8) is 0 Å². The second-order valence-corrected chi connectivity index (χ2v) is 23.0. The Morgan fingerprint density at radius 3 is 2.11 bits per heavy atom. The lowest BCUT2D eigenvalue weighted by Crippen LogP contribution is -2.65. The van der Waals surface area contributed by atoms with Crippen LogP contribution in [0.15, 0.2) is 11.6 Å². The molecule has 0 aromatic rings. The maximum Gasteiger partial charge on any atom is 0.187 e. The topological polar surface area (TPSA) is 346 Å². The summed E-state index contributed by atoms with van der Waals surface area (Å²) in [6, 6.07) is 0. The van der Waals surface area contributed by atoms with Crippen molar-refractivity contribution in [3.8, 4) is 0 Å². The van der Waals surface area contributed by atoms with Gasteiger partial charge >= 0.3 is 0 Å². The van der Waals surface area contributed by atoms with Crippen molar-refractivity contribution < 1.29 is 109 Å². The fourth-order valence-corrected chi connectivity index (χ4v) is 14.5. The second-order valence-electron chi connectivity index (χ2n) is 23.0. The van der Waals surface area contributed by atoms with E-state index in [1.807, 2.05) is 6.92 Å². The van der Waals surface area contributed by atoms with Crippen LogP contribution in [-0.2, 0) is 42.6 Å². The van der Waals surface area contributed by atoms with E-state index in [9.17, 15) is 66.4 Å². The van der Waals surface area contributed by atoms with Crippen LogP contribution >= 0.6 is 0 Å². The number of rotatable bonds is 13. The van der Waals surface area contributed by atoms with Gasteiger partial charge in [0.05, 0.1) is 50.8 Å². The first kappa shape index (κ1) is 54.6. The number of aliphatic hydroxyl groups is 13. The van der Waals surface area contributed by atoms with Crippen LogP contribution in [-0.4, -0.2) is 228 Å². The lowest BCUT2D eigenvalue weighted by atomic mass is 9.46. The number of hydrogen-bond donors (Lipinski definition) is 13. The quantitative estimate of drug-likeness (QED) is 0.0832. The van der Waals surface area contributed by atoms with E-state index >= 15 is 0 Å². The van der Waals surface area contributed by atoms with Gasteiger partial charge in [-0.05, 0) is 80.5 Å². The molecule has 5 aliphatic heterocycles. The van der Waals surface area contributed by atoms with Crippen molar-refractivity contribution in [1.82, 2.24) is 0 Å². The van der Waals surface area contributed by atoms with E-state index < -0.39 is 147 Å². The smallest absolute Gasteiger partial charge is 0.187 e. The minimum absolute atomic E-state index is 0.0604. The maximum atomic E-state index is 12.2. The summed E-state index contributed by atoms with van der Waals surface area (Å²) in [5.41, 5.74) is 0.232. The predicted molar refractivity (Wildman–Crippen MR) is 240 cm³/mol. The zero-order valence-corrected chi connectivity index (χ0v) is 41.1. The number of hydrogen-bond acceptors (Lipinski definition) is 22. The minimum Gasteiger partial charge on any atom is -0.394 e. The number of aliphatic hydroxyl groups excluding tert-OH is 12. The molecule has 0 bridgehead atoms. The first-order valence-corrected chi connectivity index (χ1v) is 25.8. The zero-order valence-electron chi connectivity index (χ0n) is 41.1. The third-order valence-electron chi connectivity index (χ3n) is 18.8. The summed E-state index contributed by atoms with van der Waals surface area (Å²) in [6.07, 6.45) is -21.1. The number of fused-ring (bicyclic) bond motifs is 7. The Kier molecular flexibility index (Phi) is 16.2. The molecule has 9 aliphatic rings. The third-order valence-corrected chi connectivity index (χ3v) is 18.8. The molecular weight excluding hydrogens is 941 g/mol. The van der Waals surface area contributed by atoms with Crippen LogP contribution < -0.4 is 0 Å². The molecule has 0 radical (unpaired) electrons. The lowest BCUT2D eigenvalue weighted by Gasteiger charge is -2.60. The molecule has 8 fully saturated rings. The summed E-state index contributed by atoms with van der Waals surface area (Å²) in [5, 5.41) is 139. The predicted octanol–water partition coefficient (Wildman–Crippen LogP) is -2.76. The molecule has 13 N–H and O–H groups in total. The summed E-state index contributed by atoms with van der Waals surface area (Å²) in [5.74, 6) is -1.17. The summed E-state index contributed by atoms with van der Waals surface area (Å²) >= 11 is 0. The van der Waals surface area contributed by atoms with Crippen LogP contribution in [0.25, 0.3) is 0 Å². The third kappa shape index (κ3) is 9.73. The van der Waals surface area contributed by atoms with Crippen molar-refractivity contribution >= 4 is 0 Å². The largest absolute Gasteiger partial charge is 0.394 e. The Balaban J connectivity index is 0.902. The molecule has 22 nitrogen and oxygen atoms in total. The molecule has 408 valence electrons. The molecule has 22 heteroatoms. The van der Waals surface area contributed by atoms with Gasteiger partial charge in [-0.2, -0.15) is 0 Å². The normalized spacial score (nSPS) is 55.7. The Bertz CT molecular complexity index is 1850. The fraction of sp³-hybridized carbons (Fsp3) is 0.959. The SMILES string of the molecule is C[C@H](CC[C@@]1(O)O[C@H]2C[C@H]3[C@@H]4CC=C5C[C@@H](O)C[C@@H](O[C@@H]6OC[C@H](O)[C@H](O[C@@H]7OC[C@@H](O)[C@H](O)[C@H]7O)[C@H]6O[C@@H]6O[C@@H](C)[C@H](O)[C@@H](O)[C@H]6O)[C@]5(C)[C@H]4CC[C@]3(C)[C@H]2[C@@H]1C)CO[C@@H]1O[C@H](CO)[C@@H](O)[C@H](O)[C@H]1O.